The normalized spacial score (nSPS) is 13.1. The van der Waals surface area contributed by atoms with E-state index < -0.39 is 0 Å². The summed E-state index contributed by atoms with van der Waals surface area (Å²) in [5.74, 6) is 0. The van der Waals surface area contributed by atoms with Gasteiger partial charge in [0.1, 0.15) is 0 Å². The third-order valence-corrected chi connectivity index (χ3v) is 1.45. The van der Waals surface area contributed by atoms with Crippen molar-refractivity contribution in [3.05, 3.63) is 11.6 Å². The molecule has 0 bridgehead atoms. The third-order valence-electron chi connectivity index (χ3n) is 1.45. The Morgan fingerprint density at radius 1 is 1.33 bits per heavy atom. The van der Waals surface area contributed by atoms with Crippen LogP contribution in [0.4, 0.5) is 0 Å². The van der Waals surface area contributed by atoms with Gasteiger partial charge in [0, 0.05) is 20.8 Å². The van der Waals surface area contributed by atoms with E-state index in [0.717, 1.165) is 6.54 Å². The second kappa shape index (κ2) is 6.17. The van der Waals surface area contributed by atoms with E-state index in [1.165, 1.54) is 5.57 Å². The van der Waals surface area contributed by atoms with Gasteiger partial charge in [-0.25, -0.2) is 0 Å². The number of hydrogen-bond acceptors (Lipinski definition) is 3. The molecular formula is C9H19NO2. The van der Waals surface area contributed by atoms with Crippen LogP contribution in [-0.2, 0) is 9.47 Å². The van der Waals surface area contributed by atoms with Gasteiger partial charge in [0.25, 0.3) is 0 Å². The molecule has 0 saturated carbocycles. The lowest BCUT2D eigenvalue weighted by Crippen LogP contribution is -2.16. The van der Waals surface area contributed by atoms with Crippen molar-refractivity contribution in [3.8, 4) is 0 Å². The summed E-state index contributed by atoms with van der Waals surface area (Å²) in [6.07, 6.45) is 1.75. The van der Waals surface area contributed by atoms with Gasteiger partial charge in [0.05, 0.1) is 0 Å². The highest BCUT2D eigenvalue weighted by molar-refractivity contribution is 5.01. The van der Waals surface area contributed by atoms with Crippen LogP contribution in [0, 0.1) is 0 Å². The molecule has 0 atom stereocenters. The second-order valence-electron chi connectivity index (χ2n) is 3.09. The summed E-state index contributed by atoms with van der Waals surface area (Å²) >= 11 is 0. The van der Waals surface area contributed by atoms with Crippen molar-refractivity contribution in [1.82, 2.24) is 4.90 Å². The fourth-order valence-electron chi connectivity index (χ4n) is 1.02. The van der Waals surface area contributed by atoms with Gasteiger partial charge in [-0.3, -0.25) is 0 Å². The first kappa shape index (κ1) is 11.6. The van der Waals surface area contributed by atoms with Gasteiger partial charge >= 0.3 is 0 Å². The minimum atomic E-state index is -0.218. The summed E-state index contributed by atoms with van der Waals surface area (Å²) in [5, 5.41) is 0. The van der Waals surface area contributed by atoms with Crippen LogP contribution in [-0.4, -0.2) is 46.0 Å². The smallest absolute Gasteiger partial charge is 0.176 e. The predicted octanol–water partition coefficient (Wildman–Crippen LogP) is 1.11. The van der Waals surface area contributed by atoms with Crippen LogP contribution < -0.4 is 0 Å². The molecule has 0 radical (unpaired) electrons. The molecule has 0 unspecified atom stereocenters. The van der Waals surface area contributed by atoms with Gasteiger partial charge in [-0.05, 0) is 27.1 Å². The fraction of sp³-hybridized carbons (Fsp3) is 0.778. The molecule has 0 aromatic rings. The monoisotopic (exact) mass is 173 g/mol. The largest absolute Gasteiger partial charge is 0.352 e. The Labute approximate surface area is 75.0 Å². The van der Waals surface area contributed by atoms with E-state index in [1.54, 1.807) is 14.2 Å². The van der Waals surface area contributed by atoms with Crippen LogP contribution in [0.5, 0.6) is 0 Å². The molecule has 0 spiro atoms. The average Bonchev–Trinajstić information content (AvgIpc) is 1.98. The van der Waals surface area contributed by atoms with Gasteiger partial charge in [-0.15, -0.1) is 0 Å². The number of ether oxygens (including phenoxy) is 2. The minimum Gasteiger partial charge on any atom is -0.352 e. The molecule has 0 amide bonds. The summed E-state index contributed by atoms with van der Waals surface area (Å²) in [7, 11) is 7.33. The van der Waals surface area contributed by atoms with Crippen LogP contribution in [0.25, 0.3) is 0 Å². The lowest BCUT2D eigenvalue weighted by molar-refractivity contribution is -0.0672. The van der Waals surface area contributed by atoms with E-state index in [0.29, 0.717) is 0 Å². The lowest BCUT2D eigenvalue weighted by atomic mass is 10.2. The number of hydrogen-bond donors (Lipinski definition) is 0. The standard InChI is InChI=1S/C9H19NO2/c1-8(7-10(2)3)6-9(11-4)12-5/h6,9H,7H2,1-5H3/b8-6+. The SMILES string of the molecule is COC(/C=C(\C)CN(C)C)OC. The van der Waals surface area contributed by atoms with Gasteiger partial charge in [-0.2, -0.15) is 0 Å². The Morgan fingerprint density at radius 3 is 2.17 bits per heavy atom. The molecule has 0 aliphatic heterocycles. The molecule has 0 aliphatic rings. The Hall–Kier alpha value is -0.380. The van der Waals surface area contributed by atoms with E-state index in [1.807, 2.05) is 20.2 Å². The Kier molecular flexibility index (Phi) is 5.98. The molecule has 0 N–H and O–H groups in total. The van der Waals surface area contributed by atoms with Crippen molar-refractivity contribution >= 4 is 0 Å². The molecule has 3 heteroatoms. The van der Waals surface area contributed by atoms with Crippen LogP contribution in [0.3, 0.4) is 0 Å². The van der Waals surface area contributed by atoms with Crippen LogP contribution >= 0.6 is 0 Å². The maximum atomic E-state index is 5.03. The quantitative estimate of drug-likeness (QED) is 0.459. The predicted molar refractivity (Wildman–Crippen MR) is 50.1 cm³/mol. The van der Waals surface area contributed by atoms with Gasteiger partial charge in [-0.1, -0.05) is 5.57 Å². The van der Waals surface area contributed by atoms with Crippen molar-refractivity contribution in [1.29, 1.82) is 0 Å². The van der Waals surface area contributed by atoms with Crippen LogP contribution in [0.15, 0.2) is 11.6 Å². The van der Waals surface area contributed by atoms with Crippen molar-refractivity contribution in [2.45, 2.75) is 13.2 Å². The Bertz CT molecular complexity index is 139. The zero-order valence-corrected chi connectivity index (χ0v) is 8.63. The summed E-state index contributed by atoms with van der Waals surface area (Å²) < 4.78 is 10.1. The number of nitrogens with zero attached hydrogens (tertiary/aromatic N) is 1. The molecule has 0 aliphatic carbocycles. The zero-order chi connectivity index (χ0) is 9.56. The number of methoxy groups -OCH3 is 2. The van der Waals surface area contributed by atoms with Crippen molar-refractivity contribution in [3.63, 3.8) is 0 Å². The molecular weight excluding hydrogens is 154 g/mol. The fourth-order valence-corrected chi connectivity index (χ4v) is 1.02. The Balaban J connectivity index is 3.94. The van der Waals surface area contributed by atoms with E-state index >= 15 is 0 Å². The molecule has 72 valence electrons. The topological polar surface area (TPSA) is 21.7 Å². The highest BCUT2D eigenvalue weighted by Crippen LogP contribution is 2.00. The van der Waals surface area contributed by atoms with E-state index in [9.17, 15) is 0 Å². The molecule has 0 saturated heterocycles. The average molecular weight is 173 g/mol. The maximum Gasteiger partial charge on any atom is 0.176 e. The molecule has 0 rings (SSSR count). The summed E-state index contributed by atoms with van der Waals surface area (Å²) in [6.45, 7) is 2.99. The zero-order valence-electron chi connectivity index (χ0n) is 8.63. The molecule has 0 aromatic heterocycles. The van der Waals surface area contributed by atoms with Crippen LogP contribution in [0.1, 0.15) is 6.92 Å². The van der Waals surface area contributed by atoms with Crippen molar-refractivity contribution in [2.75, 3.05) is 34.9 Å². The highest BCUT2D eigenvalue weighted by atomic mass is 16.7. The van der Waals surface area contributed by atoms with E-state index in [-0.39, 0.29) is 6.29 Å². The molecule has 3 nitrogen and oxygen atoms in total. The summed E-state index contributed by atoms with van der Waals surface area (Å²) in [4.78, 5) is 2.11. The highest BCUT2D eigenvalue weighted by Gasteiger charge is 2.01. The summed E-state index contributed by atoms with van der Waals surface area (Å²) in [5.41, 5.74) is 1.24. The third kappa shape index (κ3) is 5.29. The lowest BCUT2D eigenvalue weighted by Gasteiger charge is -2.13. The first-order valence-corrected chi connectivity index (χ1v) is 3.97. The van der Waals surface area contributed by atoms with E-state index in [4.69, 9.17) is 9.47 Å². The van der Waals surface area contributed by atoms with Crippen molar-refractivity contribution < 1.29 is 9.47 Å². The maximum absolute atomic E-state index is 5.03. The van der Waals surface area contributed by atoms with Crippen molar-refractivity contribution in [2.24, 2.45) is 0 Å². The van der Waals surface area contributed by atoms with Gasteiger partial charge in [0.2, 0.25) is 0 Å². The van der Waals surface area contributed by atoms with E-state index in [2.05, 4.69) is 11.8 Å². The second-order valence-corrected chi connectivity index (χ2v) is 3.09. The molecule has 0 aromatic carbocycles. The molecule has 0 fully saturated rings. The summed E-state index contributed by atoms with van der Waals surface area (Å²) in [6, 6.07) is 0. The number of rotatable bonds is 5. The first-order valence-electron chi connectivity index (χ1n) is 3.97. The minimum absolute atomic E-state index is 0.218. The first-order chi connectivity index (χ1) is 5.60. The van der Waals surface area contributed by atoms with Gasteiger partial charge in [0.15, 0.2) is 6.29 Å². The van der Waals surface area contributed by atoms with Gasteiger partial charge < -0.3 is 14.4 Å². The number of likely N-dealkylation sites (N-methyl/N-ethyl adjacent to an activating group) is 1. The molecule has 12 heavy (non-hydrogen) atoms. The Morgan fingerprint density at radius 2 is 1.83 bits per heavy atom. The molecule has 0 heterocycles. The van der Waals surface area contributed by atoms with Crippen LogP contribution in [0.2, 0.25) is 0 Å².